The normalized spacial score (nSPS) is 18.7. The van der Waals surface area contributed by atoms with Gasteiger partial charge in [0.25, 0.3) is 0 Å². The SMILES string of the molecule is COCCN1C[C@H](C(C)C)N(c2ccn3ncc(Br)c3n2)C1=O. The van der Waals surface area contributed by atoms with Crippen molar-refractivity contribution in [1.29, 1.82) is 0 Å². The Morgan fingerprint density at radius 1 is 1.48 bits per heavy atom. The third-order valence-corrected chi connectivity index (χ3v) is 4.67. The van der Waals surface area contributed by atoms with Gasteiger partial charge in [0.15, 0.2) is 5.65 Å². The number of carbonyl (C=O) groups is 1. The number of hydrogen-bond donors (Lipinski definition) is 0. The summed E-state index contributed by atoms with van der Waals surface area (Å²) < 4.78 is 7.60. The van der Waals surface area contributed by atoms with Crippen molar-refractivity contribution in [2.45, 2.75) is 19.9 Å². The number of amides is 2. The number of fused-ring (bicyclic) bond motifs is 1. The van der Waals surface area contributed by atoms with Gasteiger partial charge in [-0.3, -0.25) is 4.90 Å². The molecule has 0 aliphatic carbocycles. The van der Waals surface area contributed by atoms with E-state index in [1.807, 2.05) is 17.2 Å². The van der Waals surface area contributed by atoms with E-state index < -0.39 is 0 Å². The van der Waals surface area contributed by atoms with Gasteiger partial charge in [-0.25, -0.2) is 14.3 Å². The predicted molar refractivity (Wildman–Crippen MR) is 90.6 cm³/mol. The van der Waals surface area contributed by atoms with Crippen LogP contribution in [0, 0.1) is 5.92 Å². The monoisotopic (exact) mass is 381 g/mol. The lowest BCUT2D eigenvalue weighted by Gasteiger charge is -2.25. The molecule has 2 amide bonds. The fraction of sp³-hybridized carbons (Fsp3) is 0.533. The first-order valence-corrected chi connectivity index (χ1v) is 8.39. The van der Waals surface area contributed by atoms with Crippen LogP contribution >= 0.6 is 15.9 Å². The van der Waals surface area contributed by atoms with E-state index in [2.05, 4.69) is 39.9 Å². The van der Waals surface area contributed by atoms with Gasteiger partial charge in [0, 0.05) is 26.4 Å². The first kappa shape index (κ1) is 16.2. The summed E-state index contributed by atoms with van der Waals surface area (Å²) >= 11 is 3.44. The minimum Gasteiger partial charge on any atom is -0.383 e. The molecule has 3 rings (SSSR count). The Bertz CT molecular complexity index is 717. The van der Waals surface area contributed by atoms with E-state index in [0.29, 0.717) is 37.1 Å². The summed E-state index contributed by atoms with van der Waals surface area (Å²) in [7, 11) is 1.64. The molecule has 0 unspecified atom stereocenters. The lowest BCUT2D eigenvalue weighted by Crippen LogP contribution is -2.38. The second-order valence-corrected chi connectivity index (χ2v) is 6.80. The summed E-state index contributed by atoms with van der Waals surface area (Å²) in [4.78, 5) is 21.0. The number of aromatic nitrogens is 3. The van der Waals surface area contributed by atoms with Gasteiger partial charge in [0.05, 0.1) is 23.3 Å². The maximum Gasteiger partial charge on any atom is 0.326 e. The van der Waals surface area contributed by atoms with E-state index in [4.69, 9.17) is 4.74 Å². The molecule has 0 saturated carbocycles. The molecule has 1 fully saturated rings. The largest absolute Gasteiger partial charge is 0.383 e. The first-order chi connectivity index (χ1) is 11.0. The highest BCUT2D eigenvalue weighted by Crippen LogP contribution is 2.28. The Labute approximate surface area is 143 Å². The maximum absolute atomic E-state index is 12.8. The number of ether oxygens (including phenoxy) is 1. The molecule has 0 radical (unpaired) electrons. The van der Waals surface area contributed by atoms with Crippen molar-refractivity contribution in [3.05, 3.63) is 22.9 Å². The van der Waals surface area contributed by atoms with Gasteiger partial charge in [-0.05, 0) is 27.9 Å². The summed E-state index contributed by atoms with van der Waals surface area (Å²) in [5, 5.41) is 4.19. The van der Waals surface area contributed by atoms with Gasteiger partial charge in [-0.15, -0.1) is 0 Å². The van der Waals surface area contributed by atoms with Gasteiger partial charge in [0.2, 0.25) is 0 Å². The van der Waals surface area contributed by atoms with E-state index in [0.717, 1.165) is 4.47 Å². The smallest absolute Gasteiger partial charge is 0.326 e. The van der Waals surface area contributed by atoms with E-state index >= 15 is 0 Å². The predicted octanol–water partition coefficient (Wildman–Crippen LogP) is 2.40. The van der Waals surface area contributed by atoms with E-state index in [-0.39, 0.29) is 12.1 Å². The molecule has 1 saturated heterocycles. The molecule has 3 heterocycles. The van der Waals surface area contributed by atoms with E-state index in [9.17, 15) is 4.79 Å². The summed E-state index contributed by atoms with van der Waals surface area (Å²) in [6.07, 6.45) is 3.52. The molecule has 23 heavy (non-hydrogen) atoms. The van der Waals surface area contributed by atoms with Crippen molar-refractivity contribution >= 4 is 33.4 Å². The number of halogens is 1. The Morgan fingerprint density at radius 2 is 2.26 bits per heavy atom. The third kappa shape index (κ3) is 2.92. The van der Waals surface area contributed by atoms with Crippen LogP contribution in [-0.4, -0.2) is 58.4 Å². The molecule has 1 atom stereocenters. The second-order valence-electron chi connectivity index (χ2n) is 5.95. The quantitative estimate of drug-likeness (QED) is 0.797. The highest BCUT2D eigenvalue weighted by molar-refractivity contribution is 9.10. The van der Waals surface area contributed by atoms with Crippen LogP contribution in [0.1, 0.15) is 13.8 Å². The van der Waals surface area contributed by atoms with Crippen molar-refractivity contribution in [2.75, 3.05) is 31.7 Å². The summed E-state index contributed by atoms with van der Waals surface area (Å²) in [6, 6.07) is 1.91. The zero-order valence-electron chi connectivity index (χ0n) is 13.4. The zero-order chi connectivity index (χ0) is 16.6. The van der Waals surface area contributed by atoms with Crippen molar-refractivity contribution in [3.63, 3.8) is 0 Å². The molecular formula is C15H20BrN5O2. The molecule has 7 nitrogen and oxygen atoms in total. The van der Waals surface area contributed by atoms with Gasteiger partial charge >= 0.3 is 6.03 Å². The summed E-state index contributed by atoms with van der Waals surface area (Å²) in [6.45, 7) is 6.06. The van der Waals surface area contributed by atoms with Crippen LogP contribution in [0.2, 0.25) is 0 Å². The Balaban J connectivity index is 1.96. The number of methoxy groups -OCH3 is 1. The highest BCUT2D eigenvalue weighted by atomic mass is 79.9. The van der Waals surface area contributed by atoms with Crippen LogP contribution in [0.4, 0.5) is 10.6 Å². The maximum atomic E-state index is 12.8. The average molecular weight is 382 g/mol. The number of hydrogen-bond acceptors (Lipinski definition) is 4. The van der Waals surface area contributed by atoms with Gasteiger partial charge in [-0.1, -0.05) is 13.8 Å². The molecule has 1 aliphatic heterocycles. The van der Waals surface area contributed by atoms with Crippen molar-refractivity contribution in [1.82, 2.24) is 19.5 Å². The number of carbonyl (C=O) groups excluding carboxylic acids is 1. The van der Waals surface area contributed by atoms with Gasteiger partial charge in [0.1, 0.15) is 5.82 Å². The third-order valence-electron chi connectivity index (χ3n) is 4.11. The molecule has 1 aliphatic rings. The molecule has 0 spiro atoms. The van der Waals surface area contributed by atoms with Crippen molar-refractivity contribution in [3.8, 4) is 0 Å². The van der Waals surface area contributed by atoms with Gasteiger partial charge < -0.3 is 9.64 Å². The van der Waals surface area contributed by atoms with Gasteiger partial charge in [-0.2, -0.15) is 5.10 Å². The molecule has 124 valence electrons. The fourth-order valence-electron chi connectivity index (χ4n) is 2.81. The minimum absolute atomic E-state index is 0.0202. The van der Waals surface area contributed by atoms with Crippen molar-refractivity contribution in [2.24, 2.45) is 5.92 Å². The van der Waals surface area contributed by atoms with E-state index in [1.165, 1.54) is 0 Å². The van der Waals surface area contributed by atoms with Crippen molar-refractivity contribution < 1.29 is 9.53 Å². The molecular weight excluding hydrogens is 362 g/mol. The summed E-state index contributed by atoms with van der Waals surface area (Å²) in [5.74, 6) is 0.986. The Morgan fingerprint density at radius 3 is 2.96 bits per heavy atom. The van der Waals surface area contributed by atoms with Crippen LogP contribution in [0.15, 0.2) is 22.9 Å². The summed E-state index contributed by atoms with van der Waals surface area (Å²) in [5.41, 5.74) is 0.702. The number of urea groups is 1. The highest BCUT2D eigenvalue weighted by Gasteiger charge is 2.40. The van der Waals surface area contributed by atoms with Crippen LogP contribution in [0.5, 0.6) is 0 Å². The average Bonchev–Trinajstić information content (AvgIpc) is 3.06. The molecule has 0 N–H and O–H groups in total. The molecule has 2 aromatic rings. The first-order valence-electron chi connectivity index (χ1n) is 7.60. The second kappa shape index (κ2) is 6.45. The lowest BCUT2D eigenvalue weighted by molar-refractivity contribution is 0.161. The van der Waals surface area contributed by atoms with Crippen LogP contribution in [0.3, 0.4) is 0 Å². The molecule has 8 heteroatoms. The molecule has 0 bridgehead atoms. The molecule has 0 aromatic carbocycles. The minimum atomic E-state index is -0.0202. The topological polar surface area (TPSA) is 63.0 Å². The fourth-order valence-corrected chi connectivity index (χ4v) is 3.17. The van der Waals surface area contributed by atoms with Crippen LogP contribution in [0.25, 0.3) is 5.65 Å². The zero-order valence-corrected chi connectivity index (χ0v) is 15.0. The standard InChI is InChI=1S/C15H20BrN5O2/c1-10(2)12-9-19(6-7-23-3)15(22)21(12)13-4-5-20-14(18-13)11(16)8-17-20/h4-5,8,10,12H,6-7,9H2,1-3H3/t12-/m1/s1. The van der Waals surface area contributed by atoms with E-state index in [1.54, 1.807) is 22.7 Å². The Hall–Kier alpha value is -1.67. The number of anilines is 1. The number of rotatable bonds is 5. The lowest BCUT2D eigenvalue weighted by atomic mass is 10.0. The van der Waals surface area contributed by atoms with Crippen LogP contribution < -0.4 is 4.90 Å². The number of nitrogens with zero attached hydrogens (tertiary/aromatic N) is 5. The Kier molecular flexibility index (Phi) is 4.54. The molecule has 2 aromatic heterocycles. The van der Waals surface area contributed by atoms with Crippen LogP contribution in [-0.2, 0) is 4.74 Å².